The lowest BCUT2D eigenvalue weighted by Gasteiger charge is -2.00. The SMILES string of the molecule is O=CC(CO)C(=O)c1ccco1. The molecule has 0 radical (unpaired) electrons. The zero-order valence-electron chi connectivity index (χ0n) is 6.27. The Labute approximate surface area is 68.8 Å². The first-order chi connectivity index (χ1) is 5.79. The van der Waals surface area contributed by atoms with Gasteiger partial charge in [-0.05, 0) is 12.1 Å². The first kappa shape index (κ1) is 8.67. The largest absolute Gasteiger partial charge is 0.461 e. The maximum absolute atomic E-state index is 11.2. The first-order valence-electron chi connectivity index (χ1n) is 3.43. The molecule has 0 aliphatic heterocycles. The number of aldehydes is 1. The van der Waals surface area contributed by atoms with Gasteiger partial charge in [0, 0.05) is 0 Å². The minimum absolute atomic E-state index is 0.0983. The number of hydrogen-bond acceptors (Lipinski definition) is 4. The molecular weight excluding hydrogens is 160 g/mol. The van der Waals surface area contributed by atoms with Crippen molar-refractivity contribution in [2.75, 3.05) is 6.61 Å². The Kier molecular flexibility index (Phi) is 2.76. The van der Waals surface area contributed by atoms with Crippen molar-refractivity contribution in [3.8, 4) is 0 Å². The molecule has 0 aliphatic rings. The molecule has 0 aromatic carbocycles. The third-order valence-electron chi connectivity index (χ3n) is 1.46. The first-order valence-corrected chi connectivity index (χ1v) is 3.43. The molecule has 0 spiro atoms. The molecule has 1 N–H and O–H groups in total. The summed E-state index contributed by atoms with van der Waals surface area (Å²) in [6, 6.07) is 3.00. The van der Waals surface area contributed by atoms with Gasteiger partial charge in [0.05, 0.1) is 12.9 Å². The summed E-state index contributed by atoms with van der Waals surface area (Å²) in [6.07, 6.45) is 1.75. The highest BCUT2D eigenvalue weighted by molar-refractivity contribution is 6.03. The minimum Gasteiger partial charge on any atom is -0.461 e. The van der Waals surface area contributed by atoms with Crippen LogP contribution in [-0.2, 0) is 4.79 Å². The van der Waals surface area contributed by atoms with Gasteiger partial charge >= 0.3 is 0 Å². The summed E-state index contributed by atoms with van der Waals surface area (Å²) >= 11 is 0. The standard InChI is InChI=1S/C8H8O4/c9-4-6(5-10)8(11)7-2-1-3-12-7/h1-4,6,10H,5H2. The molecule has 0 bridgehead atoms. The van der Waals surface area contributed by atoms with Crippen molar-refractivity contribution in [2.24, 2.45) is 5.92 Å². The molecule has 1 aromatic rings. The van der Waals surface area contributed by atoms with Crippen LogP contribution >= 0.6 is 0 Å². The monoisotopic (exact) mass is 168 g/mol. The van der Waals surface area contributed by atoms with E-state index in [1.165, 1.54) is 12.3 Å². The van der Waals surface area contributed by atoms with Crippen LogP contribution < -0.4 is 0 Å². The second-order valence-corrected chi connectivity index (χ2v) is 2.27. The number of hydrogen-bond donors (Lipinski definition) is 1. The number of aliphatic hydroxyl groups excluding tert-OH is 1. The average Bonchev–Trinajstić information content (AvgIpc) is 2.58. The Morgan fingerprint density at radius 3 is 2.92 bits per heavy atom. The Bertz CT molecular complexity index is 263. The van der Waals surface area contributed by atoms with Crippen LogP contribution in [0.4, 0.5) is 0 Å². The number of carbonyl (C=O) groups excluding carboxylic acids is 2. The molecule has 1 rings (SSSR count). The maximum atomic E-state index is 11.2. The Balaban J connectivity index is 2.77. The average molecular weight is 168 g/mol. The third kappa shape index (κ3) is 1.60. The van der Waals surface area contributed by atoms with E-state index in [1.54, 1.807) is 6.07 Å². The van der Waals surface area contributed by atoms with Crippen LogP contribution in [0.25, 0.3) is 0 Å². The highest BCUT2D eigenvalue weighted by atomic mass is 16.3. The van der Waals surface area contributed by atoms with Gasteiger partial charge in [-0.1, -0.05) is 0 Å². The van der Waals surface area contributed by atoms with E-state index in [-0.39, 0.29) is 5.76 Å². The van der Waals surface area contributed by atoms with Crippen molar-refractivity contribution in [2.45, 2.75) is 0 Å². The van der Waals surface area contributed by atoms with E-state index in [9.17, 15) is 9.59 Å². The van der Waals surface area contributed by atoms with Crippen molar-refractivity contribution in [1.29, 1.82) is 0 Å². The van der Waals surface area contributed by atoms with Gasteiger partial charge in [0.1, 0.15) is 12.2 Å². The summed E-state index contributed by atoms with van der Waals surface area (Å²) < 4.78 is 4.76. The molecule has 1 heterocycles. The van der Waals surface area contributed by atoms with E-state index in [1.807, 2.05) is 0 Å². The molecule has 0 fully saturated rings. The maximum Gasteiger partial charge on any atom is 0.210 e. The smallest absolute Gasteiger partial charge is 0.210 e. The van der Waals surface area contributed by atoms with Gasteiger partial charge in [0.15, 0.2) is 5.76 Å². The van der Waals surface area contributed by atoms with Gasteiger partial charge < -0.3 is 14.3 Å². The molecule has 4 heteroatoms. The fourth-order valence-corrected chi connectivity index (χ4v) is 0.789. The molecular formula is C8H8O4. The lowest BCUT2D eigenvalue weighted by molar-refractivity contribution is -0.110. The number of ketones is 1. The van der Waals surface area contributed by atoms with E-state index in [0.29, 0.717) is 6.29 Å². The summed E-state index contributed by atoms with van der Waals surface area (Å²) in [5.74, 6) is -1.39. The summed E-state index contributed by atoms with van der Waals surface area (Å²) in [5, 5.41) is 8.60. The van der Waals surface area contributed by atoms with Crippen LogP contribution in [0.3, 0.4) is 0 Å². The van der Waals surface area contributed by atoms with Crippen LogP contribution in [0.5, 0.6) is 0 Å². The van der Waals surface area contributed by atoms with E-state index in [4.69, 9.17) is 9.52 Å². The Hall–Kier alpha value is -1.42. The van der Waals surface area contributed by atoms with Crippen LogP contribution in [0.15, 0.2) is 22.8 Å². The van der Waals surface area contributed by atoms with Crippen molar-refractivity contribution in [1.82, 2.24) is 0 Å². The molecule has 64 valence electrons. The zero-order valence-corrected chi connectivity index (χ0v) is 6.27. The number of furan rings is 1. The number of rotatable bonds is 4. The predicted octanol–water partition coefficient (Wildman–Crippen LogP) is 0.270. The minimum atomic E-state index is -1.00. The van der Waals surface area contributed by atoms with E-state index in [2.05, 4.69) is 0 Å². The van der Waals surface area contributed by atoms with Crippen LogP contribution in [0.1, 0.15) is 10.6 Å². The van der Waals surface area contributed by atoms with Gasteiger partial charge in [0.2, 0.25) is 5.78 Å². The van der Waals surface area contributed by atoms with Gasteiger partial charge in [-0.25, -0.2) is 0 Å². The van der Waals surface area contributed by atoms with Gasteiger partial charge in [0.25, 0.3) is 0 Å². The van der Waals surface area contributed by atoms with Crippen molar-refractivity contribution < 1.29 is 19.1 Å². The molecule has 1 aromatic heterocycles. The molecule has 1 unspecified atom stereocenters. The Morgan fingerprint density at radius 2 is 2.50 bits per heavy atom. The van der Waals surface area contributed by atoms with E-state index >= 15 is 0 Å². The molecule has 0 saturated heterocycles. The van der Waals surface area contributed by atoms with Gasteiger partial charge in [-0.3, -0.25) is 4.79 Å². The summed E-state index contributed by atoms with van der Waals surface area (Å²) in [5.41, 5.74) is 0. The summed E-state index contributed by atoms with van der Waals surface area (Å²) in [7, 11) is 0. The zero-order chi connectivity index (χ0) is 8.97. The summed E-state index contributed by atoms with van der Waals surface area (Å²) in [6.45, 7) is -0.483. The lowest BCUT2D eigenvalue weighted by atomic mass is 10.1. The van der Waals surface area contributed by atoms with Crippen LogP contribution in [0, 0.1) is 5.92 Å². The number of Topliss-reactive ketones (excluding diaryl/α,β-unsaturated/α-hetero) is 1. The molecule has 0 amide bonds. The molecule has 0 aliphatic carbocycles. The van der Waals surface area contributed by atoms with Gasteiger partial charge in [-0.2, -0.15) is 0 Å². The van der Waals surface area contributed by atoms with E-state index in [0.717, 1.165) is 0 Å². The molecule has 4 nitrogen and oxygen atoms in total. The fourth-order valence-electron chi connectivity index (χ4n) is 0.789. The van der Waals surface area contributed by atoms with Crippen LogP contribution in [-0.4, -0.2) is 23.8 Å². The lowest BCUT2D eigenvalue weighted by Crippen LogP contribution is -2.19. The fraction of sp³-hybridized carbons (Fsp3) is 0.250. The van der Waals surface area contributed by atoms with E-state index < -0.39 is 18.3 Å². The second kappa shape index (κ2) is 3.82. The van der Waals surface area contributed by atoms with Crippen molar-refractivity contribution >= 4 is 12.1 Å². The number of carbonyl (C=O) groups is 2. The quantitative estimate of drug-likeness (QED) is 0.398. The Morgan fingerprint density at radius 1 is 1.75 bits per heavy atom. The van der Waals surface area contributed by atoms with Crippen molar-refractivity contribution in [3.63, 3.8) is 0 Å². The predicted molar refractivity (Wildman–Crippen MR) is 39.7 cm³/mol. The molecule has 12 heavy (non-hydrogen) atoms. The normalized spacial score (nSPS) is 12.4. The number of aliphatic hydroxyl groups is 1. The van der Waals surface area contributed by atoms with Crippen molar-refractivity contribution in [3.05, 3.63) is 24.2 Å². The van der Waals surface area contributed by atoms with Gasteiger partial charge in [-0.15, -0.1) is 0 Å². The second-order valence-electron chi connectivity index (χ2n) is 2.27. The third-order valence-corrected chi connectivity index (χ3v) is 1.46. The summed E-state index contributed by atoms with van der Waals surface area (Å²) in [4.78, 5) is 21.4. The highest BCUT2D eigenvalue weighted by Crippen LogP contribution is 2.07. The molecule has 0 saturated carbocycles. The topological polar surface area (TPSA) is 67.5 Å². The van der Waals surface area contributed by atoms with Crippen LogP contribution in [0.2, 0.25) is 0 Å². The molecule has 1 atom stereocenters. The highest BCUT2D eigenvalue weighted by Gasteiger charge is 2.20.